The molecule has 0 bridgehead atoms. The Hall–Kier alpha value is -6.59. The number of likely N-dealkylation sites (tertiary alicyclic amines) is 3. The number of amides is 5. The fourth-order valence-electron chi connectivity index (χ4n) is 11.9. The number of para-hydroxylation sites is 1. The Morgan fingerprint density at radius 3 is 2.17 bits per heavy atom. The standard InChI is InChI=1S/C53H64N12O5/c54-49-47-48(37-8-11-43(12-9-37)70-42-6-2-1-3-7-42)58-65(50(47)56-35-55-49)40-20-25-60(26-21-40)39-18-27-63(28-19-39)53(69)62-23-16-36(17-24-62)5-4-22-59-29-31-61(32-30-59)41-10-13-44-38(33-41)34-64(52(44)68)45-14-15-46(66)57-51(45)67/h1-3,6-13,33,35-36,39-40,45H,4-5,14-32,34H2,(H2,54,55,56)(H,57,66,67). The number of rotatable bonds is 11. The van der Waals surface area contributed by atoms with Crippen molar-refractivity contribution < 1.29 is 23.9 Å². The number of fused-ring (bicyclic) bond motifs is 2. The minimum atomic E-state index is -0.597. The summed E-state index contributed by atoms with van der Waals surface area (Å²) < 4.78 is 8.11. The molecule has 366 valence electrons. The monoisotopic (exact) mass is 949 g/mol. The van der Waals surface area contributed by atoms with Gasteiger partial charge in [-0.2, -0.15) is 5.10 Å². The van der Waals surface area contributed by atoms with Crippen molar-refractivity contribution in [3.63, 3.8) is 0 Å². The van der Waals surface area contributed by atoms with Gasteiger partial charge >= 0.3 is 6.03 Å². The summed E-state index contributed by atoms with van der Waals surface area (Å²) in [6, 6.07) is 24.0. The number of nitrogens with two attached hydrogens (primary N) is 1. The number of anilines is 2. The van der Waals surface area contributed by atoms with E-state index in [9.17, 15) is 19.2 Å². The van der Waals surface area contributed by atoms with Crippen LogP contribution in [0.15, 0.2) is 79.1 Å². The number of nitrogens with one attached hydrogen (secondary N) is 1. The Labute approximate surface area is 408 Å². The maximum atomic E-state index is 13.7. The summed E-state index contributed by atoms with van der Waals surface area (Å²) in [5.41, 5.74) is 11.7. The van der Waals surface area contributed by atoms with Crippen molar-refractivity contribution in [2.75, 3.05) is 82.6 Å². The highest BCUT2D eigenvalue weighted by atomic mass is 16.5. The van der Waals surface area contributed by atoms with E-state index < -0.39 is 6.04 Å². The summed E-state index contributed by atoms with van der Waals surface area (Å²) in [5.74, 6) is 1.84. The van der Waals surface area contributed by atoms with Crippen molar-refractivity contribution in [3.8, 4) is 22.8 Å². The second-order valence-corrected chi connectivity index (χ2v) is 20.1. The Bertz CT molecular complexity index is 2700. The zero-order chi connectivity index (χ0) is 47.7. The van der Waals surface area contributed by atoms with Crippen LogP contribution in [0.2, 0.25) is 0 Å². The van der Waals surface area contributed by atoms with Gasteiger partial charge in [-0.3, -0.25) is 24.6 Å². The number of piperidine rings is 4. The zero-order valence-corrected chi connectivity index (χ0v) is 40.0. The number of aromatic nitrogens is 4. The van der Waals surface area contributed by atoms with E-state index in [4.69, 9.17) is 15.6 Å². The Kier molecular flexibility index (Phi) is 13.1. The van der Waals surface area contributed by atoms with Gasteiger partial charge in [-0.15, -0.1) is 0 Å². The molecule has 17 heteroatoms. The van der Waals surface area contributed by atoms with E-state index in [-0.39, 0.29) is 36.2 Å². The molecular weight excluding hydrogens is 885 g/mol. The molecule has 3 aromatic carbocycles. The molecule has 5 fully saturated rings. The Morgan fingerprint density at radius 1 is 0.743 bits per heavy atom. The van der Waals surface area contributed by atoms with Crippen molar-refractivity contribution in [2.24, 2.45) is 5.92 Å². The smallest absolute Gasteiger partial charge is 0.319 e. The molecule has 3 N–H and O–H groups in total. The van der Waals surface area contributed by atoms with Gasteiger partial charge in [0.25, 0.3) is 5.91 Å². The summed E-state index contributed by atoms with van der Waals surface area (Å²) in [4.78, 5) is 73.5. The van der Waals surface area contributed by atoms with E-state index in [1.54, 1.807) is 4.90 Å². The maximum Gasteiger partial charge on any atom is 0.319 e. The SMILES string of the molecule is Nc1ncnc2c1c(-c1ccc(Oc3ccccc3)cc1)nn2C1CCN(C2CCN(C(=O)N3CCC(CCCN4CCN(c5ccc6c(c5)CN(C5CCC(=O)NC5=O)C6=O)CC4)CC3)CC2)CC1. The number of benzene rings is 3. The van der Waals surface area contributed by atoms with E-state index in [1.165, 1.54) is 19.2 Å². The van der Waals surface area contributed by atoms with Crippen LogP contribution in [0.3, 0.4) is 0 Å². The Balaban J connectivity index is 0.590. The molecule has 17 nitrogen and oxygen atoms in total. The lowest BCUT2D eigenvalue weighted by molar-refractivity contribution is -0.136. The third-order valence-electron chi connectivity index (χ3n) is 15.9. The number of piperazine rings is 1. The molecule has 5 saturated heterocycles. The highest BCUT2D eigenvalue weighted by molar-refractivity contribution is 6.05. The molecule has 1 atom stereocenters. The van der Waals surface area contributed by atoms with Gasteiger partial charge in [-0.25, -0.2) is 19.4 Å². The molecule has 5 aromatic rings. The van der Waals surface area contributed by atoms with E-state index in [2.05, 4.69) is 50.5 Å². The molecule has 70 heavy (non-hydrogen) atoms. The molecule has 2 aromatic heterocycles. The van der Waals surface area contributed by atoms with Crippen LogP contribution >= 0.6 is 0 Å². The fraction of sp³-hybridized carbons (Fsp3) is 0.491. The summed E-state index contributed by atoms with van der Waals surface area (Å²) >= 11 is 0. The number of carbonyl (C=O) groups excluding carboxylic acids is 4. The van der Waals surface area contributed by atoms with Gasteiger partial charge in [0, 0.05) is 101 Å². The molecule has 8 heterocycles. The molecule has 6 aliphatic rings. The van der Waals surface area contributed by atoms with Crippen molar-refractivity contribution in [3.05, 3.63) is 90.3 Å². The minimum absolute atomic E-state index is 0.132. The van der Waals surface area contributed by atoms with Crippen molar-refractivity contribution in [1.29, 1.82) is 0 Å². The van der Waals surface area contributed by atoms with Crippen LogP contribution in [0.4, 0.5) is 16.3 Å². The third kappa shape index (κ3) is 9.52. The number of urea groups is 1. The summed E-state index contributed by atoms with van der Waals surface area (Å²) in [6.07, 6.45) is 10.6. The first-order valence-electron chi connectivity index (χ1n) is 25.6. The molecule has 0 spiro atoms. The molecule has 5 amide bonds. The lowest BCUT2D eigenvalue weighted by Crippen LogP contribution is -2.53. The second kappa shape index (κ2) is 20.0. The Morgan fingerprint density at radius 2 is 1.44 bits per heavy atom. The quantitative estimate of drug-likeness (QED) is 0.144. The summed E-state index contributed by atoms with van der Waals surface area (Å²) in [5, 5.41) is 8.31. The van der Waals surface area contributed by atoms with Crippen molar-refractivity contribution in [2.45, 2.75) is 88.9 Å². The third-order valence-corrected chi connectivity index (χ3v) is 15.9. The van der Waals surface area contributed by atoms with E-state index in [0.29, 0.717) is 36.3 Å². The average Bonchev–Trinajstić information content (AvgIpc) is 3.95. The minimum Gasteiger partial charge on any atom is -0.457 e. The van der Waals surface area contributed by atoms with Crippen LogP contribution in [0, 0.1) is 5.92 Å². The first-order chi connectivity index (χ1) is 34.2. The summed E-state index contributed by atoms with van der Waals surface area (Å²) in [6.45, 7) is 10.6. The lowest BCUT2D eigenvalue weighted by atomic mass is 9.92. The van der Waals surface area contributed by atoms with Gasteiger partial charge in [0.2, 0.25) is 11.8 Å². The van der Waals surface area contributed by atoms with Gasteiger partial charge in [0.05, 0.1) is 11.4 Å². The number of carbonyl (C=O) groups is 4. The number of ether oxygens (including phenoxy) is 1. The first-order valence-corrected chi connectivity index (χ1v) is 25.6. The van der Waals surface area contributed by atoms with E-state index in [0.717, 1.165) is 156 Å². The number of hydrogen-bond donors (Lipinski definition) is 2. The van der Waals surface area contributed by atoms with E-state index >= 15 is 0 Å². The van der Waals surface area contributed by atoms with Crippen molar-refractivity contribution in [1.82, 2.24) is 49.6 Å². The maximum absolute atomic E-state index is 13.7. The van der Waals surface area contributed by atoms with Crippen LogP contribution < -0.4 is 20.7 Å². The second-order valence-electron chi connectivity index (χ2n) is 20.1. The highest BCUT2D eigenvalue weighted by Crippen LogP contribution is 2.37. The highest BCUT2D eigenvalue weighted by Gasteiger charge is 2.40. The number of nitrogen functional groups attached to an aromatic ring is 1. The normalized spacial score (nSPS) is 21.4. The molecular formula is C53H64N12O5. The predicted octanol–water partition coefficient (Wildman–Crippen LogP) is 6.16. The van der Waals surface area contributed by atoms with Crippen molar-refractivity contribution >= 4 is 46.3 Å². The van der Waals surface area contributed by atoms with Crippen LogP contribution in [0.25, 0.3) is 22.3 Å². The van der Waals surface area contributed by atoms with Crippen LogP contribution in [0.1, 0.15) is 86.2 Å². The van der Waals surface area contributed by atoms with Gasteiger partial charge < -0.3 is 35.0 Å². The van der Waals surface area contributed by atoms with Crippen LogP contribution in [-0.4, -0.2) is 152 Å². The zero-order valence-electron chi connectivity index (χ0n) is 40.0. The molecule has 11 rings (SSSR count). The predicted molar refractivity (Wildman–Crippen MR) is 266 cm³/mol. The number of nitrogens with zero attached hydrogens (tertiary/aromatic N) is 10. The average molecular weight is 949 g/mol. The topological polar surface area (TPSA) is 179 Å². The lowest BCUT2D eigenvalue weighted by Gasteiger charge is -2.43. The first kappa shape index (κ1) is 45.8. The summed E-state index contributed by atoms with van der Waals surface area (Å²) in [7, 11) is 0. The molecule has 0 radical (unpaired) electrons. The fourth-order valence-corrected chi connectivity index (χ4v) is 11.9. The van der Waals surface area contributed by atoms with Gasteiger partial charge in [-0.1, -0.05) is 18.2 Å². The largest absolute Gasteiger partial charge is 0.457 e. The van der Waals surface area contributed by atoms with Gasteiger partial charge in [0.15, 0.2) is 5.65 Å². The number of imide groups is 1. The molecule has 0 aliphatic carbocycles. The van der Waals surface area contributed by atoms with Crippen LogP contribution in [0.5, 0.6) is 11.5 Å². The van der Waals surface area contributed by atoms with Gasteiger partial charge in [-0.05, 0) is 130 Å². The molecule has 6 aliphatic heterocycles. The van der Waals surface area contributed by atoms with Crippen LogP contribution in [-0.2, 0) is 16.1 Å². The molecule has 0 saturated carbocycles. The number of hydrogen-bond acceptors (Lipinski definition) is 12. The molecule has 1 unspecified atom stereocenters. The van der Waals surface area contributed by atoms with E-state index in [1.807, 2.05) is 66.7 Å². The van der Waals surface area contributed by atoms with Gasteiger partial charge in [0.1, 0.15) is 35.4 Å².